The predicted molar refractivity (Wildman–Crippen MR) is 99.7 cm³/mol. The lowest BCUT2D eigenvalue weighted by molar-refractivity contribution is -0.147. The zero-order chi connectivity index (χ0) is 17.3. The standard InChI is InChI=1S/C20H41NO2/c1-5-8-9-10-11-12-13-14-15-16-17-21-19(18(4)6-2)20(22)23-7-3/h18-19,21H,5-17H2,1-4H3. The Balaban J connectivity index is 3.61. The molecule has 0 aliphatic rings. The molecule has 23 heavy (non-hydrogen) atoms. The van der Waals surface area contributed by atoms with Gasteiger partial charge in [-0.1, -0.05) is 85.0 Å². The molecular weight excluding hydrogens is 286 g/mol. The Kier molecular flexibility index (Phi) is 15.9. The maximum Gasteiger partial charge on any atom is 0.323 e. The number of esters is 1. The van der Waals surface area contributed by atoms with Gasteiger partial charge in [-0.25, -0.2) is 0 Å². The Morgan fingerprint density at radius 3 is 1.87 bits per heavy atom. The summed E-state index contributed by atoms with van der Waals surface area (Å²) in [6, 6.07) is -0.140. The zero-order valence-corrected chi connectivity index (χ0v) is 16.2. The quantitative estimate of drug-likeness (QED) is 0.301. The van der Waals surface area contributed by atoms with E-state index in [1.807, 2.05) is 6.92 Å². The molecule has 1 N–H and O–H groups in total. The molecule has 0 aromatic rings. The van der Waals surface area contributed by atoms with Crippen LogP contribution in [0.1, 0.15) is 98.3 Å². The van der Waals surface area contributed by atoms with Gasteiger partial charge < -0.3 is 10.1 Å². The van der Waals surface area contributed by atoms with Crippen molar-refractivity contribution in [2.45, 2.75) is 104 Å². The van der Waals surface area contributed by atoms with E-state index in [4.69, 9.17) is 4.74 Å². The van der Waals surface area contributed by atoms with Crippen molar-refractivity contribution in [2.24, 2.45) is 5.92 Å². The van der Waals surface area contributed by atoms with Crippen LogP contribution in [0.2, 0.25) is 0 Å². The van der Waals surface area contributed by atoms with Gasteiger partial charge in [-0.3, -0.25) is 4.79 Å². The van der Waals surface area contributed by atoms with E-state index >= 15 is 0 Å². The van der Waals surface area contributed by atoms with Crippen molar-refractivity contribution in [1.82, 2.24) is 5.32 Å². The lowest BCUT2D eigenvalue weighted by atomic mass is 9.99. The summed E-state index contributed by atoms with van der Waals surface area (Å²) in [5, 5.41) is 3.41. The predicted octanol–water partition coefficient (Wildman–Crippen LogP) is 5.47. The van der Waals surface area contributed by atoms with E-state index in [-0.39, 0.29) is 12.0 Å². The van der Waals surface area contributed by atoms with Crippen molar-refractivity contribution in [3.63, 3.8) is 0 Å². The fraction of sp³-hybridized carbons (Fsp3) is 0.950. The summed E-state index contributed by atoms with van der Waals surface area (Å²) in [5.74, 6) is 0.242. The van der Waals surface area contributed by atoms with Gasteiger partial charge in [0.15, 0.2) is 0 Å². The van der Waals surface area contributed by atoms with E-state index in [1.54, 1.807) is 0 Å². The summed E-state index contributed by atoms with van der Waals surface area (Å²) in [5.41, 5.74) is 0. The largest absolute Gasteiger partial charge is 0.465 e. The Morgan fingerprint density at radius 2 is 1.39 bits per heavy atom. The van der Waals surface area contributed by atoms with Gasteiger partial charge in [-0.05, 0) is 25.8 Å². The molecule has 0 rings (SSSR count). The number of ether oxygens (including phenoxy) is 1. The minimum atomic E-state index is -0.140. The summed E-state index contributed by atoms with van der Waals surface area (Å²) < 4.78 is 5.18. The first kappa shape index (κ1) is 22.4. The summed E-state index contributed by atoms with van der Waals surface area (Å²) >= 11 is 0. The molecule has 0 saturated carbocycles. The van der Waals surface area contributed by atoms with Gasteiger partial charge in [0.25, 0.3) is 0 Å². The second kappa shape index (κ2) is 16.3. The van der Waals surface area contributed by atoms with E-state index < -0.39 is 0 Å². The first-order valence-corrected chi connectivity index (χ1v) is 10.1. The van der Waals surface area contributed by atoms with E-state index in [9.17, 15) is 4.79 Å². The highest BCUT2D eigenvalue weighted by atomic mass is 16.5. The van der Waals surface area contributed by atoms with Gasteiger partial charge in [-0.2, -0.15) is 0 Å². The Bertz CT molecular complexity index is 268. The smallest absolute Gasteiger partial charge is 0.323 e. The van der Waals surface area contributed by atoms with Crippen molar-refractivity contribution in [3.05, 3.63) is 0 Å². The molecule has 0 bridgehead atoms. The molecule has 3 heteroatoms. The van der Waals surface area contributed by atoms with Crippen molar-refractivity contribution in [3.8, 4) is 0 Å². The van der Waals surface area contributed by atoms with E-state index in [0.29, 0.717) is 12.5 Å². The van der Waals surface area contributed by atoms with Gasteiger partial charge in [-0.15, -0.1) is 0 Å². The molecule has 2 unspecified atom stereocenters. The molecule has 0 aliphatic carbocycles. The van der Waals surface area contributed by atoms with Crippen LogP contribution in [0.4, 0.5) is 0 Å². The van der Waals surface area contributed by atoms with Crippen molar-refractivity contribution >= 4 is 5.97 Å². The fourth-order valence-electron chi connectivity index (χ4n) is 2.85. The number of unbranched alkanes of at least 4 members (excludes halogenated alkanes) is 9. The first-order valence-electron chi connectivity index (χ1n) is 10.1. The maximum absolute atomic E-state index is 12.0. The lowest BCUT2D eigenvalue weighted by Gasteiger charge is -2.22. The molecule has 0 aromatic carbocycles. The topological polar surface area (TPSA) is 38.3 Å². The minimum absolute atomic E-state index is 0.0890. The molecule has 0 spiro atoms. The van der Waals surface area contributed by atoms with Crippen LogP contribution < -0.4 is 5.32 Å². The number of hydrogen-bond donors (Lipinski definition) is 1. The van der Waals surface area contributed by atoms with Crippen LogP contribution in [0.15, 0.2) is 0 Å². The summed E-state index contributed by atoms with van der Waals surface area (Å²) in [4.78, 5) is 12.0. The first-order chi connectivity index (χ1) is 11.2. The van der Waals surface area contributed by atoms with Gasteiger partial charge in [0.05, 0.1) is 6.61 Å². The number of carbonyl (C=O) groups excluding carboxylic acids is 1. The average Bonchev–Trinajstić information content (AvgIpc) is 2.55. The van der Waals surface area contributed by atoms with Crippen LogP contribution in [0.25, 0.3) is 0 Å². The SMILES string of the molecule is CCCCCCCCCCCCNC(C(=O)OCC)C(C)CC. The summed E-state index contributed by atoms with van der Waals surface area (Å²) in [7, 11) is 0. The van der Waals surface area contributed by atoms with Crippen LogP contribution in [-0.2, 0) is 9.53 Å². The molecule has 2 atom stereocenters. The van der Waals surface area contributed by atoms with E-state index in [1.165, 1.54) is 57.8 Å². The van der Waals surface area contributed by atoms with Crippen molar-refractivity contribution in [1.29, 1.82) is 0 Å². The molecule has 3 nitrogen and oxygen atoms in total. The fourth-order valence-corrected chi connectivity index (χ4v) is 2.85. The van der Waals surface area contributed by atoms with Gasteiger partial charge in [0, 0.05) is 0 Å². The molecule has 0 fully saturated rings. The Morgan fingerprint density at radius 1 is 0.870 bits per heavy atom. The number of nitrogens with one attached hydrogen (secondary N) is 1. The third kappa shape index (κ3) is 12.5. The molecular formula is C20H41NO2. The molecule has 138 valence electrons. The number of rotatable bonds is 16. The highest BCUT2D eigenvalue weighted by Crippen LogP contribution is 2.12. The lowest BCUT2D eigenvalue weighted by Crippen LogP contribution is -2.43. The maximum atomic E-state index is 12.0. The van der Waals surface area contributed by atoms with Gasteiger partial charge in [0.2, 0.25) is 0 Å². The van der Waals surface area contributed by atoms with Crippen LogP contribution in [-0.4, -0.2) is 25.2 Å². The summed E-state index contributed by atoms with van der Waals surface area (Å²) in [6.07, 6.45) is 14.4. The second-order valence-electron chi connectivity index (χ2n) is 6.75. The number of hydrogen-bond acceptors (Lipinski definition) is 3. The van der Waals surface area contributed by atoms with Crippen molar-refractivity contribution < 1.29 is 9.53 Å². The van der Waals surface area contributed by atoms with Crippen LogP contribution in [0, 0.1) is 5.92 Å². The summed E-state index contributed by atoms with van der Waals surface area (Å²) in [6.45, 7) is 9.76. The Hall–Kier alpha value is -0.570. The normalized spacial score (nSPS) is 13.7. The van der Waals surface area contributed by atoms with E-state index in [0.717, 1.165) is 19.4 Å². The monoisotopic (exact) mass is 327 g/mol. The third-order valence-corrected chi connectivity index (χ3v) is 4.65. The zero-order valence-electron chi connectivity index (χ0n) is 16.2. The van der Waals surface area contributed by atoms with Crippen LogP contribution >= 0.6 is 0 Å². The molecule has 0 radical (unpaired) electrons. The van der Waals surface area contributed by atoms with Gasteiger partial charge >= 0.3 is 5.97 Å². The minimum Gasteiger partial charge on any atom is -0.465 e. The highest BCUT2D eigenvalue weighted by molar-refractivity contribution is 5.76. The second-order valence-corrected chi connectivity index (χ2v) is 6.75. The molecule has 0 saturated heterocycles. The molecule has 0 heterocycles. The molecule has 0 amide bonds. The van der Waals surface area contributed by atoms with Crippen LogP contribution in [0.5, 0.6) is 0 Å². The Labute approximate surface area is 144 Å². The highest BCUT2D eigenvalue weighted by Gasteiger charge is 2.24. The van der Waals surface area contributed by atoms with Crippen LogP contribution in [0.3, 0.4) is 0 Å². The van der Waals surface area contributed by atoms with E-state index in [2.05, 4.69) is 26.1 Å². The molecule has 0 aromatic heterocycles. The number of carbonyl (C=O) groups is 1. The van der Waals surface area contributed by atoms with Gasteiger partial charge in [0.1, 0.15) is 6.04 Å². The average molecular weight is 328 g/mol. The third-order valence-electron chi connectivity index (χ3n) is 4.65. The van der Waals surface area contributed by atoms with Crippen molar-refractivity contribution in [2.75, 3.05) is 13.2 Å². The molecule has 0 aliphatic heterocycles.